The highest BCUT2D eigenvalue weighted by Gasteiger charge is 2.23. The van der Waals surface area contributed by atoms with Gasteiger partial charge < -0.3 is 15.1 Å². The van der Waals surface area contributed by atoms with Gasteiger partial charge in [-0.15, -0.1) is 0 Å². The van der Waals surface area contributed by atoms with E-state index in [1.807, 2.05) is 0 Å². The smallest absolute Gasteiger partial charge is 0.323 e. The normalized spacial score (nSPS) is 9.95. The molecule has 0 atom stereocenters. The first kappa shape index (κ1) is 16.0. The van der Waals surface area contributed by atoms with Gasteiger partial charge in [0.05, 0.1) is 11.0 Å². The predicted molar refractivity (Wildman–Crippen MR) is 64.2 cm³/mol. The molecule has 21 heavy (non-hydrogen) atoms. The molecule has 1 aromatic carbocycles. The van der Waals surface area contributed by atoms with E-state index in [0.29, 0.717) is 17.0 Å². The van der Waals surface area contributed by atoms with Crippen molar-refractivity contribution in [3.63, 3.8) is 0 Å². The minimum Gasteiger partial charge on any atom is -0.480 e. The van der Waals surface area contributed by atoms with Crippen LogP contribution in [0.1, 0.15) is 10.4 Å². The molecule has 10 heteroatoms. The number of aliphatic carboxylic acids is 2. The number of rotatable bonds is 6. The first-order valence-corrected chi connectivity index (χ1v) is 5.38. The number of halogens is 1. The Balaban J connectivity index is 3.16. The summed E-state index contributed by atoms with van der Waals surface area (Å²) in [6, 6.07) is 1.98. The van der Waals surface area contributed by atoms with Gasteiger partial charge in [0.25, 0.3) is 11.6 Å². The first-order chi connectivity index (χ1) is 9.70. The molecule has 0 aromatic heterocycles. The van der Waals surface area contributed by atoms with E-state index in [9.17, 15) is 28.9 Å². The highest BCUT2D eigenvalue weighted by atomic mass is 19.1. The summed E-state index contributed by atoms with van der Waals surface area (Å²) in [5.41, 5.74) is -1.21. The van der Waals surface area contributed by atoms with Crippen LogP contribution in [-0.4, -0.2) is 51.0 Å². The van der Waals surface area contributed by atoms with E-state index >= 15 is 0 Å². The maximum atomic E-state index is 13.2. The SMILES string of the molecule is O=C(O)CN(CC(=O)O)C(=O)c1cc(F)cc([N+](=O)[O-])c1. The molecule has 0 heterocycles. The van der Waals surface area contributed by atoms with E-state index < -0.39 is 52.9 Å². The van der Waals surface area contributed by atoms with Crippen LogP contribution in [0.25, 0.3) is 0 Å². The fourth-order valence-electron chi connectivity index (χ4n) is 1.51. The molecule has 0 fully saturated rings. The molecule has 1 rings (SSSR count). The van der Waals surface area contributed by atoms with Gasteiger partial charge >= 0.3 is 11.9 Å². The third-order valence-electron chi connectivity index (χ3n) is 2.28. The van der Waals surface area contributed by atoms with E-state index in [4.69, 9.17) is 10.2 Å². The third kappa shape index (κ3) is 4.53. The summed E-state index contributed by atoms with van der Waals surface area (Å²) in [5.74, 6) is -5.16. The number of carboxylic acid groups (broad SMARTS) is 2. The molecule has 112 valence electrons. The van der Waals surface area contributed by atoms with Crippen LogP contribution >= 0.6 is 0 Å². The molecule has 0 unspecified atom stereocenters. The summed E-state index contributed by atoms with van der Waals surface area (Å²) in [4.78, 5) is 43.2. The van der Waals surface area contributed by atoms with Gasteiger partial charge in [-0.25, -0.2) is 4.39 Å². The van der Waals surface area contributed by atoms with Gasteiger partial charge in [0.2, 0.25) is 0 Å². The van der Waals surface area contributed by atoms with Crippen molar-refractivity contribution >= 4 is 23.5 Å². The van der Waals surface area contributed by atoms with E-state index in [1.165, 1.54) is 0 Å². The molecule has 0 saturated heterocycles. The van der Waals surface area contributed by atoms with Gasteiger partial charge in [-0.05, 0) is 6.07 Å². The Bertz CT molecular complexity index is 601. The van der Waals surface area contributed by atoms with Gasteiger partial charge in [0.15, 0.2) is 0 Å². The Morgan fingerprint density at radius 3 is 2.10 bits per heavy atom. The Hall–Kier alpha value is -3.04. The quantitative estimate of drug-likeness (QED) is 0.570. The Kier molecular flexibility index (Phi) is 4.89. The van der Waals surface area contributed by atoms with E-state index in [0.717, 1.165) is 6.07 Å². The molecule has 2 N–H and O–H groups in total. The molecule has 1 amide bonds. The third-order valence-corrected chi connectivity index (χ3v) is 2.28. The molecule has 0 aliphatic carbocycles. The monoisotopic (exact) mass is 300 g/mol. The zero-order valence-corrected chi connectivity index (χ0v) is 10.4. The number of carboxylic acids is 2. The number of benzene rings is 1. The number of nitrogens with zero attached hydrogens (tertiary/aromatic N) is 2. The summed E-state index contributed by atoms with van der Waals surface area (Å²) in [6.45, 7) is -1.87. The van der Waals surface area contributed by atoms with Crippen LogP contribution in [-0.2, 0) is 9.59 Å². The van der Waals surface area contributed by atoms with Crippen LogP contribution in [0.15, 0.2) is 18.2 Å². The number of hydrogen-bond donors (Lipinski definition) is 2. The average Bonchev–Trinajstić information content (AvgIpc) is 2.35. The van der Waals surface area contributed by atoms with Crippen molar-refractivity contribution in [1.29, 1.82) is 0 Å². The minimum atomic E-state index is -1.48. The predicted octanol–water partition coefficient (Wildman–Crippen LogP) is 0.345. The number of nitro benzene ring substituents is 1. The zero-order chi connectivity index (χ0) is 16.2. The topological polar surface area (TPSA) is 138 Å². The summed E-state index contributed by atoms with van der Waals surface area (Å²) >= 11 is 0. The number of nitro groups is 1. The standard InChI is InChI=1S/C11H9FN2O7/c12-7-1-6(2-8(3-7)14(20)21)11(19)13(4-9(15)16)5-10(17)18/h1-3H,4-5H2,(H,15,16)(H,17,18). The molecule has 0 saturated carbocycles. The van der Waals surface area contributed by atoms with Gasteiger partial charge in [-0.3, -0.25) is 24.5 Å². The molecule has 0 bridgehead atoms. The number of carbonyl (C=O) groups excluding carboxylic acids is 1. The van der Waals surface area contributed by atoms with Crippen LogP contribution in [0.3, 0.4) is 0 Å². The largest absolute Gasteiger partial charge is 0.480 e. The number of amides is 1. The van der Waals surface area contributed by atoms with E-state index in [2.05, 4.69) is 0 Å². The zero-order valence-electron chi connectivity index (χ0n) is 10.4. The maximum Gasteiger partial charge on any atom is 0.323 e. The number of carbonyl (C=O) groups is 3. The van der Waals surface area contributed by atoms with Crippen LogP contribution in [0.2, 0.25) is 0 Å². The molecule has 9 nitrogen and oxygen atoms in total. The Labute approximate surface area is 116 Å². The van der Waals surface area contributed by atoms with Gasteiger partial charge in [0, 0.05) is 11.6 Å². The second-order valence-corrected chi connectivity index (χ2v) is 3.90. The van der Waals surface area contributed by atoms with Crippen LogP contribution in [0.4, 0.5) is 10.1 Å². The molecule has 0 aliphatic heterocycles. The Morgan fingerprint density at radius 1 is 1.14 bits per heavy atom. The van der Waals surface area contributed by atoms with Crippen molar-refractivity contribution in [2.75, 3.05) is 13.1 Å². The lowest BCUT2D eigenvalue weighted by molar-refractivity contribution is -0.385. The second kappa shape index (κ2) is 6.41. The summed E-state index contributed by atoms with van der Waals surface area (Å²) in [7, 11) is 0. The molecule has 0 radical (unpaired) electrons. The summed E-state index contributed by atoms with van der Waals surface area (Å²) in [5, 5.41) is 27.8. The molecular formula is C11H9FN2O7. The van der Waals surface area contributed by atoms with Gasteiger partial charge in [0.1, 0.15) is 18.9 Å². The summed E-state index contributed by atoms with van der Waals surface area (Å²) in [6.07, 6.45) is 0. The summed E-state index contributed by atoms with van der Waals surface area (Å²) < 4.78 is 13.2. The van der Waals surface area contributed by atoms with Gasteiger partial charge in [-0.2, -0.15) is 0 Å². The highest BCUT2D eigenvalue weighted by Crippen LogP contribution is 2.17. The van der Waals surface area contributed by atoms with Crippen molar-refractivity contribution < 1.29 is 33.9 Å². The minimum absolute atomic E-state index is 0.420. The van der Waals surface area contributed by atoms with Crippen molar-refractivity contribution in [2.45, 2.75) is 0 Å². The molecule has 1 aromatic rings. The molecule has 0 aliphatic rings. The average molecular weight is 300 g/mol. The van der Waals surface area contributed by atoms with Crippen molar-refractivity contribution in [1.82, 2.24) is 4.90 Å². The fourth-order valence-corrected chi connectivity index (χ4v) is 1.51. The van der Waals surface area contributed by atoms with E-state index in [-0.39, 0.29) is 0 Å². The maximum absolute atomic E-state index is 13.2. The van der Waals surface area contributed by atoms with Crippen molar-refractivity contribution in [2.24, 2.45) is 0 Å². The molecular weight excluding hydrogens is 291 g/mol. The lowest BCUT2D eigenvalue weighted by Crippen LogP contribution is -2.39. The van der Waals surface area contributed by atoms with E-state index in [1.54, 1.807) is 0 Å². The Morgan fingerprint density at radius 2 is 1.67 bits per heavy atom. The van der Waals surface area contributed by atoms with Crippen LogP contribution in [0, 0.1) is 15.9 Å². The van der Waals surface area contributed by atoms with Crippen molar-refractivity contribution in [3.8, 4) is 0 Å². The fraction of sp³-hybridized carbons (Fsp3) is 0.182. The van der Waals surface area contributed by atoms with Crippen molar-refractivity contribution in [3.05, 3.63) is 39.7 Å². The second-order valence-electron chi connectivity index (χ2n) is 3.90. The lowest BCUT2D eigenvalue weighted by Gasteiger charge is -2.18. The highest BCUT2D eigenvalue weighted by molar-refractivity contribution is 5.98. The molecule has 0 spiro atoms. The van der Waals surface area contributed by atoms with Crippen LogP contribution in [0.5, 0.6) is 0 Å². The van der Waals surface area contributed by atoms with Gasteiger partial charge in [-0.1, -0.05) is 0 Å². The number of hydrogen-bond acceptors (Lipinski definition) is 5. The van der Waals surface area contributed by atoms with Crippen LogP contribution < -0.4 is 0 Å². The number of non-ortho nitro benzene ring substituents is 1. The lowest BCUT2D eigenvalue weighted by atomic mass is 10.1. The first-order valence-electron chi connectivity index (χ1n) is 5.38.